The van der Waals surface area contributed by atoms with Crippen molar-refractivity contribution in [2.75, 3.05) is 14.2 Å². The average molecular weight is 296 g/mol. The van der Waals surface area contributed by atoms with Crippen molar-refractivity contribution in [2.45, 2.75) is 10.9 Å². The first-order chi connectivity index (χ1) is 9.55. The summed E-state index contributed by atoms with van der Waals surface area (Å²) in [6.07, 6.45) is 2.93. The summed E-state index contributed by atoms with van der Waals surface area (Å²) in [7, 11) is -1.04. The largest absolute Gasteiger partial charge is 0.481 e. The van der Waals surface area contributed by atoms with Crippen molar-refractivity contribution in [3.8, 4) is 11.8 Å². The normalized spacial score (nSPS) is 11.1. The molecule has 0 aliphatic carbocycles. The molecule has 0 amide bonds. The Bertz CT molecular complexity index is 669. The first-order valence-corrected chi connectivity index (χ1v) is 7.16. The third-order valence-corrected chi connectivity index (χ3v) is 3.67. The standard InChI is InChI=1S/C11H12N4O4S/c1-18-9-6-10(19-2)15-11(14-9)20(16,17)7-8-12-4-3-5-13-8/h3-6H,7H2,1-2H3. The van der Waals surface area contributed by atoms with Crippen molar-refractivity contribution in [1.29, 1.82) is 0 Å². The SMILES string of the molecule is COc1cc(OC)nc(S(=O)(=O)Cc2ncccn2)n1. The number of nitrogens with zero attached hydrogens (tertiary/aromatic N) is 4. The van der Waals surface area contributed by atoms with Gasteiger partial charge in [0, 0.05) is 12.4 Å². The number of ether oxygens (including phenoxy) is 2. The van der Waals surface area contributed by atoms with Gasteiger partial charge >= 0.3 is 0 Å². The second-order valence-corrected chi connectivity index (χ2v) is 5.54. The molecule has 0 aliphatic rings. The van der Waals surface area contributed by atoms with E-state index in [2.05, 4.69) is 19.9 Å². The zero-order chi connectivity index (χ0) is 14.6. The maximum absolute atomic E-state index is 12.2. The van der Waals surface area contributed by atoms with E-state index in [-0.39, 0.29) is 22.7 Å². The minimum Gasteiger partial charge on any atom is -0.481 e. The van der Waals surface area contributed by atoms with Crippen LogP contribution in [0.1, 0.15) is 5.82 Å². The summed E-state index contributed by atoms with van der Waals surface area (Å²) in [6, 6.07) is 2.99. The van der Waals surface area contributed by atoms with Crippen LogP contribution in [0.3, 0.4) is 0 Å². The Morgan fingerprint density at radius 3 is 2.10 bits per heavy atom. The number of hydrogen-bond donors (Lipinski definition) is 0. The first kappa shape index (κ1) is 14.1. The molecular weight excluding hydrogens is 284 g/mol. The lowest BCUT2D eigenvalue weighted by Gasteiger charge is -2.06. The van der Waals surface area contributed by atoms with Crippen LogP contribution in [0.25, 0.3) is 0 Å². The molecular formula is C11H12N4O4S. The highest BCUT2D eigenvalue weighted by Gasteiger charge is 2.22. The van der Waals surface area contributed by atoms with E-state index in [1.54, 1.807) is 6.07 Å². The number of hydrogen-bond acceptors (Lipinski definition) is 8. The van der Waals surface area contributed by atoms with E-state index in [0.717, 1.165) is 0 Å². The fourth-order valence-corrected chi connectivity index (χ4v) is 2.45. The quantitative estimate of drug-likeness (QED) is 0.723. The van der Waals surface area contributed by atoms with Crippen LogP contribution < -0.4 is 9.47 Å². The van der Waals surface area contributed by atoms with Gasteiger partial charge in [0.1, 0.15) is 11.6 Å². The Morgan fingerprint density at radius 2 is 1.60 bits per heavy atom. The maximum Gasteiger partial charge on any atom is 0.254 e. The van der Waals surface area contributed by atoms with Gasteiger partial charge < -0.3 is 9.47 Å². The molecule has 0 unspecified atom stereocenters. The average Bonchev–Trinajstić information content (AvgIpc) is 2.47. The molecule has 0 N–H and O–H groups in total. The number of methoxy groups -OCH3 is 2. The summed E-state index contributed by atoms with van der Waals surface area (Å²) < 4.78 is 34.3. The molecule has 20 heavy (non-hydrogen) atoms. The molecule has 0 aliphatic heterocycles. The summed E-state index contributed by atoms with van der Waals surface area (Å²) in [5.41, 5.74) is 0. The summed E-state index contributed by atoms with van der Waals surface area (Å²) in [4.78, 5) is 15.4. The molecule has 0 fully saturated rings. The van der Waals surface area contributed by atoms with Crippen molar-refractivity contribution in [3.63, 3.8) is 0 Å². The Labute approximate surface area is 115 Å². The fraction of sp³-hybridized carbons (Fsp3) is 0.273. The van der Waals surface area contributed by atoms with Gasteiger partial charge in [-0.15, -0.1) is 0 Å². The van der Waals surface area contributed by atoms with Gasteiger partial charge in [0.2, 0.25) is 21.6 Å². The molecule has 2 heterocycles. The molecule has 8 nitrogen and oxygen atoms in total. The van der Waals surface area contributed by atoms with Gasteiger partial charge in [0.15, 0.2) is 0 Å². The zero-order valence-corrected chi connectivity index (χ0v) is 11.7. The highest BCUT2D eigenvalue weighted by molar-refractivity contribution is 7.90. The molecule has 0 radical (unpaired) electrons. The predicted molar refractivity (Wildman–Crippen MR) is 68.1 cm³/mol. The minimum absolute atomic E-state index is 0.101. The third-order valence-electron chi connectivity index (χ3n) is 2.29. The van der Waals surface area contributed by atoms with Gasteiger partial charge in [-0.05, 0) is 6.07 Å². The Kier molecular flexibility index (Phi) is 4.08. The monoisotopic (exact) mass is 296 g/mol. The van der Waals surface area contributed by atoms with Gasteiger partial charge in [-0.3, -0.25) is 0 Å². The molecule has 2 aromatic rings. The van der Waals surface area contributed by atoms with Gasteiger partial charge in [0.05, 0.1) is 20.3 Å². The Hall–Kier alpha value is -2.29. The van der Waals surface area contributed by atoms with E-state index in [1.807, 2.05) is 0 Å². The molecule has 2 aromatic heterocycles. The number of rotatable bonds is 5. The Balaban J connectivity index is 2.38. The van der Waals surface area contributed by atoms with Crippen molar-refractivity contribution in [1.82, 2.24) is 19.9 Å². The Morgan fingerprint density at radius 1 is 1.05 bits per heavy atom. The van der Waals surface area contributed by atoms with E-state index in [4.69, 9.17) is 9.47 Å². The molecule has 0 saturated carbocycles. The summed E-state index contributed by atoms with van der Waals surface area (Å²) in [6.45, 7) is 0. The van der Waals surface area contributed by atoms with E-state index in [9.17, 15) is 8.42 Å². The summed E-state index contributed by atoms with van der Waals surface area (Å²) >= 11 is 0. The topological polar surface area (TPSA) is 104 Å². The fourth-order valence-electron chi connectivity index (χ4n) is 1.37. The lowest BCUT2D eigenvalue weighted by atomic mass is 10.6. The lowest BCUT2D eigenvalue weighted by molar-refractivity contribution is 0.362. The van der Waals surface area contributed by atoms with Crippen LogP contribution in [0.5, 0.6) is 11.8 Å². The maximum atomic E-state index is 12.2. The first-order valence-electron chi connectivity index (χ1n) is 5.51. The second-order valence-electron chi connectivity index (χ2n) is 3.66. The van der Waals surface area contributed by atoms with E-state index in [1.165, 1.54) is 32.7 Å². The zero-order valence-electron chi connectivity index (χ0n) is 10.8. The molecule has 0 bridgehead atoms. The van der Waals surface area contributed by atoms with Crippen molar-refractivity contribution < 1.29 is 17.9 Å². The molecule has 0 aromatic carbocycles. The summed E-state index contributed by atoms with van der Waals surface area (Å²) in [5, 5.41) is -0.388. The van der Waals surface area contributed by atoms with Crippen LogP contribution in [-0.4, -0.2) is 42.6 Å². The molecule has 0 saturated heterocycles. The number of aromatic nitrogens is 4. The van der Waals surface area contributed by atoms with Crippen molar-refractivity contribution in [2.24, 2.45) is 0 Å². The van der Waals surface area contributed by atoms with E-state index >= 15 is 0 Å². The van der Waals surface area contributed by atoms with Crippen LogP contribution >= 0.6 is 0 Å². The second kappa shape index (κ2) is 5.78. The highest BCUT2D eigenvalue weighted by atomic mass is 32.2. The number of sulfone groups is 1. The lowest BCUT2D eigenvalue weighted by Crippen LogP contribution is -2.12. The van der Waals surface area contributed by atoms with Crippen LogP contribution in [0.2, 0.25) is 0 Å². The molecule has 9 heteroatoms. The summed E-state index contributed by atoms with van der Waals surface area (Å²) in [5.74, 6) is -0.0313. The third kappa shape index (κ3) is 3.18. The smallest absolute Gasteiger partial charge is 0.254 e. The highest BCUT2D eigenvalue weighted by Crippen LogP contribution is 2.19. The van der Waals surface area contributed by atoms with Crippen LogP contribution in [0.15, 0.2) is 29.7 Å². The van der Waals surface area contributed by atoms with Crippen LogP contribution in [0, 0.1) is 0 Å². The van der Waals surface area contributed by atoms with Gasteiger partial charge in [0.25, 0.3) is 5.16 Å². The predicted octanol–water partition coefficient (Wildman–Crippen LogP) is 0.258. The molecule has 106 valence electrons. The van der Waals surface area contributed by atoms with Gasteiger partial charge in [-0.2, -0.15) is 9.97 Å². The minimum atomic E-state index is -3.79. The molecule has 2 rings (SSSR count). The van der Waals surface area contributed by atoms with Crippen LogP contribution in [0.4, 0.5) is 0 Å². The molecule has 0 spiro atoms. The van der Waals surface area contributed by atoms with E-state index < -0.39 is 15.6 Å². The van der Waals surface area contributed by atoms with Gasteiger partial charge in [-0.1, -0.05) is 0 Å². The van der Waals surface area contributed by atoms with E-state index in [0.29, 0.717) is 0 Å². The van der Waals surface area contributed by atoms with Crippen molar-refractivity contribution >= 4 is 9.84 Å². The van der Waals surface area contributed by atoms with Crippen molar-refractivity contribution in [3.05, 3.63) is 30.4 Å². The van der Waals surface area contributed by atoms with Gasteiger partial charge in [-0.25, -0.2) is 18.4 Å². The van der Waals surface area contributed by atoms with Crippen LogP contribution in [-0.2, 0) is 15.6 Å². The molecule has 0 atom stereocenters.